The Balaban J connectivity index is -0.0000000402. The fraction of sp³-hybridized carbons (Fsp3) is 0.500. The van der Waals surface area contributed by atoms with Crippen LogP contribution in [0.15, 0.2) is 0 Å². The van der Waals surface area contributed by atoms with Gasteiger partial charge in [-0.25, -0.2) is 0 Å². The third-order valence-corrected chi connectivity index (χ3v) is 1.92. The molecule has 0 saturated heterocycles. The van der Waals surface area contributed by atoms with E-state index in [1.165, 1.54) is 0 Å². The summed E-state index contributed by atoms with van der Waals surface area (Å²) < 4.78 is 0. The van der Waals surface area contributed by atoms with Crippen molar-refractivity contribution in [3.05, 3.63) is 0 Å². The number of rotatable bonds is 7. The summed E-state index contributed by atoms with van der Waals surface area (Å²) in [6.07, 6.45) is -1.15. The molecule has 0 rings (SSSR count). The Bertz CT molecular complexity index is 336. The van der Waals surface area contributed by atoms with Gasteiger partial charge in [0.25, 0.3) is 0 Å². The first-order valence-corrected chi connectivity index (χ1v) is 4.17. The van der Waals surface area contributed by atoms with Gasteiger partial charge in [-0.15, -0.1) is 0 Å². The zero-order chi connectivity index (χ0) is 12.9. The largest absolute Gasteiger partial charge is 1.00 e. The molecule has 8 nitrogen and oxygen atoms in total. The van der Waals surface area contributed by atoms with Gasteiger partial charge in [0, 0.05) is 6.42 Å². The summed E-state index contributed by atoms with van der Waals surface area (Å²) in [4.78, 5) is 41.9. The fourth-order valence-electron chi connectivity index (χ4n) is 1.16. The summed E-state index contributed by atoms with van der Waals surface area (Å²) in [5, 5.41) is 34.0. The molecule has 20 heavy (non-hydrogen) atoms. The zero-order valence-electron chi connectivity index (χ0n) is 16.0. The summed E-state index contributed by atoms with van der Waals surface area (Å²) in [6, 6.07) is 0. The van der Waals surface area contributed by atoms with Crippen molar-refractivity contribution in [3.63, 3.8) is 0 Å². The van der Waals surface area contributed by atoms with Crippen molar-refractivity contribution in [3.8, 4) is 0 Å². The molecule has 4 N–H and O–H groups in total. The predicted molar refractivity (Wildman–Crippen MR) is 51.2 cm³/mol. The second kappa shape index (κ2) is 17.2. The molecule has 0 aliphatic carbocycles. The van der Waals surface area contributed by atoms with E-state index >= 15 is 0 Å². The fourth-order valence-corrected chi connectivity index (χ4v) is 1.16. The van der Waals surface area contributed by atoms with Crippen LogP contribution >= 0.6 is 0 Å². The van der Waals surface area contributed by atoms with Gasteiger partial charge in [0.05, 0.1) is 5.92 Å². The number of carboxylic acid groups (broad SMARTS) is 4. The minimum atomic E-state index is -2.14. The van der Waals surface area contributed by atoms with E-state index < -0.39 is 48.6 Å². The van der Waals surface area contributed by atoms with Gasteiger partial charge in [0.1, 0.15) is 0 Å². The van der Waals surface area contributed by atoms with Crippen LogP contribution in [0.4, 0.5) is 0 Å². The molecular weight excluding hydrogens is 316 g/mol. The number of hydrogen-bond acceptors (Lipinski definition) is 4. The van der Waals surface area contributed by atoms with Gasteiger partial charge in [0.2, 0.25) is 0 Å². The first kappa shape index (κ1) is 33.5. The van der Waals surface area contributed by atoms with Crippen LogP contribution in [-0.4, -0.2) is 44.3 Å². The molecule has 1 unspecified atom stereocenters. The summed E-state index contributed by atoms with van der Waals surface area (Å²) in [5.41, 5.74) is 0. The van der Waals surface area contributed by atoms with E-state index in [9.17, 15) is 19.2 Å². The van der Waals surface area contributed by atoms with Crippen molar-refractivity contribution in [2.75, 3.05) is 0 Å². The normalized spacial score (nSPS) is 9.65. The molecular formula is C8H14Na4O8. The number of hydrogen-bond donors (Lipinski definition) is 4. The molecule has 0 saturated carbocycles. The summed E-state index contributed by atoms with van der Waals surface area (Å²) >= 11 is 0. The molecule has 0 aliphatic heterocycles. The molecule has 0 radical (unpaired) electrons. The standard InChI is InChI=1S/C8H10O8.4Na.4H/c9-4(10)2-1-3(6(11)12)5(7(13)14)8(15)16;;;;;;;;/h3,5H,1-2H2,(H,9,10)(H,11,12)(H,13,14)(H,15,16);;;;;;;;/q;4*+1;4*-1. The number of carbonyl (C=O) groups is 4. The van der Waals surface area contributed by atoms with Gasteiger partial charge >= 0.3 is 142 Å². The van der Waals surface area contributed by atoms with Crippen LogP contribution in [0.25, 0.3) is 0 Å². The summed E-state index contributed by atoms with van der Waals surface area (Å²) in [5.74, 6) is -10.5. The molecule has 98 valence electrons. The van der Waals surface area contributed by atoms with E-state index in [4.69, 9.17) is 20.4 Å². The molecule has 1 atom stereocenters. The Labute approximate surface area is 209 Å². The summed E-state index contributed by atoms with van der Waals surface area (Å²) in [6.45, 7) is 0. The van der Waals surface area contributed by atoms with Crippen molar-refractivity contribution in [1.29, 1.82) is 0 Å². The van der Waals surface area contributed by atoms with Crippen LogP contribution in [0, 0.1) is 11.8 Å². The Morgan fingerprint density at radius 3 is 1.30 bits per heavy atom. The van der Waals surface area contributed by atoms with Crippen molar-refractivity contribution >= 4 is 23.9 Å². The van der Waals surface area contributed by atoms with Crippen LogP contribution in [0.3, 0.4) is 0 Å². The van der Waals surface area contributed by atoms with Gasteiger partial charge in [-0.05, 0) is 6.42 Å². The van der Waals surface area contributed by atoms with Gasteiger partial charge < -0.3 is 26.1 Å². The zero-order valence-corrected chi connectivity index (χ0v) is 20.0. The van der Waals surface area contributed by atoms with Crippen LogP contribution < -0.4 is 118 Å². The van der Waals surface area contributed by atoms with Gasteiger partial charge in [0.15, 0.2) is 5.92 Å². The quantitative estimate of drug-likeness (QED) is 0.265. The monoisotopic (exact) mass is 330 g/mol. The second-order valence-corrected chi connectivity index (χ2v) is 3.03. The van der Waals surface area contributed by atoms with Crippen molar-refractivity contribution in [1.82, 2.24) is 0 Å². The Morgan fingerprint density at radius 1 is 0.750 bits per heavy atom. The van der Waals surface area contributed by atoms with Crippen LogP contribution in [0.5, 0.6) is 0 Å². The maximum atomic E-state index is 10.6. The third kappa shape index (κ3) is 13.5. The first-order valence-electron chi connectivity index (χ1n) is 4.17. The maximum Gasteiger partial charge on any atom is 1.00 e. The van der Waals surface area contributed by atoms with Crippen LogP contribution in [0.1, 0.15) is 18.5 Å². The minimum Gasteiger partial charge on any atom is -1.00 e. The van der Waals surface area contributed by atoms with Gasteiger partial charge in [-0.2, -0.15) is 0 Å². The average Bonchev–Trinajstić information content (AvgIpc) is 2.09. The minimum absolute atomic E-state index is 0. The van der Waals surface area contributed by atoms with E-state index in [-0.39, 0.29) is 124 Å². The second-order valence-electron chi connectivity index (χ2n) is 3.03. The number of aliphatic carboxylic acids is 4. The SMILES string of the molecule is O=C(O)CCC(C(=O)O)C(C(=O)O)C(=O)O.[H-].[H-].[H-].[H-].[Na+].[Na+].[Na+].[Na+]. The molecule has 0 amide bonds. The number of carboxylic acids is 4. The van der Waals surface area contributed by atoms with E-state index in [1.54, 1.807) is 0 Å². The van der Waals surface area contributed by atoms with Gasteiger partial charge in [-0.3, -0.25) is 19.2 Å². The topological polar surface area (TPSA) is 149 Å². The van der Waals surface area contributed by atoms with Crippen molar-refractivity contribution in [2.45, 2.75) is 12.8 Å². The molecule has 0 heterocycles. The first-order chi connectivity index (χ1) is 7.27. The molecule has 0 bridgehead atoms. The molecule has 0 spiro atoms. The molecule has 0 aromatic rings. The van der Waals surface area contributed by atoms with E-state index in [0.717, 1.165) is 0 Å². The smallest absolute Gasteiger partial charge is 1.00 e. The van der Waals surface area contributed by atoms with Crippen LogP contribution in [-0.2, 0) is 19.2 Å². The molecule has 12 heteroatoms. The molecule has 0 aromatic heterocycles. The van der Waals surface area contributed by atoms with E-state index in [0.29, 0.717) is 0 Å². The predicted octanol–water partition coefficient (Wildman–Crippen LogP) is -12.2. The Morgan fingerprint density at radius 2 is 1.10 bits per heavy atom. The Kier molecular flexibility index (Phi) is 28.9. The van der Waals surface area contributed by atoms with E-state index in [2.05, 4.69) is 0 Å². The molecule has 0 aliphatic rings. The van der Waals surface area contributed by atoms with Crippen molar-refractivity contribution < 1.29 is 164 Å². The van der Waals surface area contributed by atoms with E-state index in [1.807, 2.05) is 0 Å². The average molecular weight is 330 g/mol. The third-order valence-electron chi connectivity index (χ3n) is 1.92. The van der Waals surface area contributed by atoms with Crippen molar-refractivity contribution in [2.24, 2.45) is 11.8 Å². The Hall–Kier alpha value is 1.88. The van der Waals surface area contributed by atoms with Crippen LogP contribution in [0.2, 0.25) is 0 Å². The maximum absolute atomic E-state index is 10.6. The summed E-state index contributed by atoms with van der Waals surface area (Å²) in [7, 11) is 0. The molecule has 0 fully saturated rings. The van der Waals surface area contributed by atoms with Gasteiger partial charge in [-0.1, -0.05) is 0 Å². The molecule has 0 aromatic carbocycles.